The van der Waals surface area contributed by atoms with E-state index in [9.17, 15) is 48.5 Å². The van der Waals surface area contributed by atoms with Crippen LogP contribution in [0.1, 0.15) is 16.7 Å². The molecule has 59 heavy (non-hydrogen) atoms. The van der Waals surface area contributed by atoms with Crippen molar-refractivity contribution in [1.29, 1.82) is 0 Å². The summed E-state index contributed by atoms with van der Waals surface area (Å²) in [6, 6.07) is 23.5. The van der Waals surface area contributed by atoms with Crippen molar-refractivity contribution in [1.82, 2.24) is 0 Å². The predicted octanol–water partition coefficient (Wildman–Crippen LogP) is 7.00. The summed E-state index contributed by atoms with van der Waals surface area (Å²) in [7, 11) is -13.9. The Morgan fingerprint density at radius 2 is 1.08 bits per heavy atom. The second-order valence-electron chi connectivity index (χ2n) is 12.8. The third kappa shape index (κ3) is 8.84. The molecule has 298 valence electrons. The topological polar surface area (TPSA) is 297 Å². The Balaban J connectivity index is 1.28. The molecule has 0 heterocycles. The number of anilines is 1. The zero-order valence-corrected chi connectivity index (χ0v) is 32.3. The maximum atomic E-state index is 12.9. The van der Waals surface area contributed by atoms with E-state index < -0.39 is 51.8 Å². The smallest absolute Gasteiger partial charge is 0.294 e. The standard InChI is InChI=1S/C38H27N7O11S3/c39-37(47)17-21-1-4-23(5-2-21)40-41-32-12-14-34(30-19-25(58(51,52)53)7-10-28(30)32)42-43-35-15-13-33(29-11-8-26(20-31(29)35)59(54,55)56)44-45-38-27-9-6-24(57(48,49)50)18-22(27)3-16-36(38)46/h1-16,18-20,44H,17H2,(H2,39,47)(H,48,49,50)(H,51,52,53)(H,54,55,56)/b41-40?,43-42?,45-38+. The molecule has 6 N–H and O–H groups in total. The van der Waals surface area contributed by atoms with Crippen molar-refractivity contribution in [3.8, 4) is 0 Å². The summed E-state index contributed by atoms with van der Waals surface area (Å²) in [5.74, 6) is -1.02. The van der Waals surface area contributed by atoms with Crippen LogP contribution in [0.15, 0.2) is 149 Å². The van der Waals surface area contributed by atoms with E-state index in [1.54, 1.807) is 30.3 Å². The van der Waals surface area contributed by atoms with Gasteiger partial charge in [0.05, 0.1) is 49.5 Å². The van der Waals surface area contributed by atoms with E-state index in [1.807, 2.05) is 0 Å². The van der Waals surface area contributed by atoms with Gasteiger partial charge in [0.2, 0.25) is 11.7 Å². The van der Waals surface area contributed by atoms with E-state index in [1.165, 1.54) is 66.7 Å². The second kappa shape index (κ2) is 15.5. The van der Waals surface area contributed by atoms with Gasteiger partial charge in [-0.1, -0.05) is 36.4 Å². The number of nitrogens with one attached hydrogen (secondary N) is 1. The predicted molar refractivity (Wildman–Crippen MR) is 216 cm³/mol. The van der Waals surface area contributed by atoms with Gasteiger partial charge in [0, 0.05) is 27.1 Å². The minimum absolute atomic E-state index is 0.0458. The first-order valence-electron chi connectivity index (χ1n) is 16.8. The minimum Gasteiger partial charge on any atom is -0.369 e. The van der Waals surface area contributed by atoms with Crippen LogP contribution >= 0.6 is 0 Å². The molecule has 1 aliphatic carbocycles. The molecule has 0 unspecified atom stereocenters. The van der Waals surface area contributed by atoms with Crippen LogP contribution in [0, 0.1) is 0 Å². The Hall–Kier alpha value is -6.88. The van der Waals surface area contributed by atoms with E-state index in [0.717, 1.165) is 18.2 Å². The number of amides is 1. The van der Waals surface area contributed by atoms with Crippen molar-refractivity contribution in [2.45, 2.75) is 21.1 Å². The average Bonchev–Trinajstić information content (AvgIpc) is 3.18. The van der Waals surface area contributed by atoms with E-state index in [4.69, 9.17) is 5.73 Å². The SMILES string of the molecule is NC(=O)Cc1ccc(N=Nc2ccc(N=Nc3ccc(N/N=C4/C(=O)C=Cc5cc(S(=O)(=O)O)ccc54)c4ccc(S(=O)(=O)O)cc34)c3cc(S(=O)(=O)O)ccc23)cc1. The van der Waals surface area contributed by atoms with Crippen LogP contribution in [-0.2, 0) is 46.4 Å². The first kappa shape index (κ1) is 40.3. The molecular weight excluding hydrogens is 827 g/mol. The van der Waals surface area contributed by atoms with Gasteiger partial charge in [0.15, 0.2) is 0 Å². The molecule has 0 spiro atoms. The molecular formula is C38H27N7O11S3. The highest BCUT2D eigenvalue weighted by molar-refractivity contribution is 7.86. The van der Waals surface area contributed by atoms with Crippen molar-refractivity contribution in [2.75, 3.05) is 5.43 Å². The number of ketones is 1. The number of fused-ring (bicyclic) bond motifs is 3. The Labute approximate surface area is 334 Å². The van der Waals surface area contributed by atoms with Gasteiger partial charge in [-0.25, -0.2) is 0 Å². The quantitative estimate of drug-likeness (QED) is 0.0500. The van der Waals surface area contributed by atoms with Gasteiger partial charge in [0.25, 0.3) is 30.4 Å². The maximum absolute atomic E-state index is 12.9. The fourth-order valence-corrected chi connectivity index (χ4v) is 7.58. The normalized spacial score (nSPS) is 14.2. The van der Waals surface area contributed by atoms with Crippen molar-refractivity contribution in [2.24, 2.45) is 31.3 Å². The number of nitrogens with two attached hydrogens (primary N) is 1. The number of azo groups is 2. The first-order chi connectivity index (χ1) is 27.8. The maximum Gasteiger partial charge on any atom is 0.294 e. The molecule has 21 heteroatoms. The van der Waals surface area contributed by atoms with Crippen LogP contribution in [0.3, 0.4) is 0 Å². The molecule has 0 atom stereocenters. The number of carbonyl (C=O) groups is 2. The summed E-state index contributed by atoms with van der Waals surface area (Å²) >= 11 is 0. The zero-order chi connectivity index (χ0) is 42.3. The lowest BCUT2D eigenvalue weighted by atomic mass is 9.95. The Kier molecular flexibility index (Phi) is 10.6. The number of hydrazone groups is 1. The average molecular weight is 854 g/mol. The number of allylic oxidation sites excluding steroid dienone is 1. The highest BCUT2D eigenvalue weighted by Crippen LogP contribution is 2.39. The van der Waals surface area contributed by atoms with Crippen molar-refractivity contribution >= 4 is 104 Å². The molecule has 0 aliphatic heterocycles. The summed E-state index contributed by atoms with van der Waals surface area (Å²) < 4.78 is 101. The molecule has 7 rings (SSSR count). The van der Waals surface area contributed by atoms with E-state index in [-0.39, 0.29) is 56.1 Å². The summed E-state index contributed by atoms with van der Waals surface area (Å²) in [5.41, 5.74) is 10.3. The Morgan fingerprint density at radius 1 is 0.576 bits per heavy atom. The van der Waals surface area contributed by atoms with Gasteiger partial charge >= 0.3 is 0 Å². The number of rotatable bonds is 11. The van der Waals surface area contributed by atoms with E-state index >= 15 is 0 Å². The third-order valence-corrected chi connectivity index (χ3v) is 11.4. The van der Waals surface area contributed by atoms with Crippen molar-refractivity contribution in [3.63, 3.8) is 0 Å². The van der Waals surface area contributed by atoms with Crippen molar-refractivity contribution < 1.29 is 48.5 Å². The van der Waals surface area contributed by atoms with Gasteiger partial charge in [-0.2, -0.15) is 35.5 Å². The lowest BCUT2D eigenvalue weighted by Crippen LogP contribution is -2.19. The van der Waals surface area contributed by atoms with Crippen LogP contribution in [-0.4, -0.2) is 56.3 Å². The van der Waals surface area contributed by atoms with E-state index in [2.05, 4.69) is 31.0 Å². The highest BCUT2D eigenvalue weighted by atomic mass is 32.2. The number of nitrogens with zero attached hydrogens (tertiary/aromatic N) is 5. The molecule has 1 aliphatic rings. The van der Waals surface area contributed by atoms with Gasteiger partial charge in [-0.15, -0.1) is 15.3 Å². The lowest BCUT2D eigenvalue weighted by Gasteiger charge is -2.14. The van der Waals surface area contributed by atoms with Gasteiger partial charge < -0.3 is 5.73 Å². The summed E-state index contributed by atoms with van der Waals surface area (Å²) in [6.45, 7) is 0. The summed E-state index contributed by atoms with van der Waals surface area (Å²) in [4.78, 5) is 22.8. The lowest BCUT2D eigenvalue weighted by molar-refractivity contribution is -0.117. The van der Waals surface area contributed by atoms with E-state index in [0.29, 0.717) is 27.6 Å². The second-order valence-corrected chi connectivity index (χ2v) is 17.1. The molecule has 0 bridgehead atoms. The van der Waals surface area contributed by atoms with Crippen LogP contribution in [0.2, 0.25) is 0 Å². The molecule has 0 saturated heterocycles. The number of primary amides is 1. The monoisotopic (exact) mass is 853 g/mol. The molecule has 18 nitrogen and oxygen atoms in total. The first-order valence-corrected chi connectivity index (χ1v) is 21.1. The number of hydrogen-bond donors (Lipinski definition) is 5. The highest BCUT2D eigenvalue weighted by Gasteiger charge is 2.22. The fraction of sp³-hybridized carbons (Fsp3) is 0.0263. The summed E-state index contributed by atoms with van der Waals surface area (Å²) in [5, 5.41) is 22.5. The Bertz CT molecular complexity index is 3240. The minimum atomic E-state index is -4.71. The number of carbonyl (C=O) groups excluding carboxylic acids is 2. The molecule has 0 radical (unpaired) electrons. The van der Waals surface area contributed by atoms with Gasteiger partial charge in [-0.05, 0) is 90.0 Å². The molecule has 6 aromatic carbocycles. The number of benzene rings is 6. The van der Waals surface area contributed by atoms with Crippen molar-refractivity contribution in [3.05, 3.63) is 126 Å². The summed E-state index contributed by atoms with van der Waals surface area (Å²) in [6.07, 6.45) is 2.59. The largest absolute Gasteiger partial charge is 0.369 e. The number of hydrogen-bond acceptors (Lipinski definition) is 14. The van der Waals surface area contributed by atoms with Gasteiger partial charge in [-0.3, -0.25) is 28.7 Å². The molecule has 0 fully saturated rings. The molecule has 0 aromatic heterocycles. The molecule has 1 amide bonds. The van der Waals surface area contributed by atoms with Crippen LogP contribution in [0.4, 0.5) is 28.4 Å². The molecule has 0 saturated carbocycles. The van der Waals surface area contributed by atoms with Crippen LogP contribution in [0.5, 0.6) is 0 Å². The molecule has 6 aromatic rings. The van der Waals surface area contributed by atoms with Gasteiger partial charge in [0.1, 0.15) is 5.71 Å². The Morgan fingerprint density at radius 3 is 1.68 bits per heavy atom. The van der Waals surface area contributed by atoms with Crippen LogP contribution < -0.4 is 11.2 Å². The third-order valence-electron chi connectivity index (χ3n) is 8.87. The zero-order valence-electron chi connectivity index (χ0n) is 29.8. The van der Waals surface area contributed by atoms with Crippen LogP contribution in [0.25, 0.3) is 27.6 Å². The fourth-order valence-electron chi connectivity index (χ4n) is 6.05.